The second-order valence-electron chi connectivity index (χ2n) is 7.75. The van der Waals surface area contributed by atoms with Crippen LogP contribution in [-0.4, -0.2) is 35.7 Å². The predicted octanol–water partition coefficient (Wildman–Crippen LogP) is 4.07. The maximum atomic E-state index is 15.2. The minimum Gasteiger partial charge on any atom is -0.494 e. The number of nitrogens with zero attached hydrogens (tertiary/aromatic N) is 1. The number of allylic oxidation sites excluding steroid dienone is 4. The van der Waals surface area contributed by atoms with Gasteiger partial charge >= 0.3 is 5.97 Å². The summed E-state index contributed by atoms with van der Waals surface area (Å²) in [4.78, 5) is 13.3. The van der Waals surface area contributed by atoms with Crippen LogP contribution >= 0.6 is 0 Å². The summed E-state index contributed by atoms with van der Waals surface area (Å²) in [5, 5.41) is 12.8. The predicted molar refractivity (Wildman–Crippen MR) is 109 cm³/mol. The van der Waals surface area contributed by atoms with Crippen molar-refractivity contribution in [2.75, 3.05) is 19.7 Å². The van der Waals surface area contributed by atoms with Gasteiger partial charge in [-0.15, -0.1) is 0 Å². The summed E-state index contributed by atoms with van der Waals surface area (Å²) in [6.07, 6.45) is 8.14. The topological polar surface area (TPSA) is 61.8 Å². The number of hydrogen-bond acceptors (Lipinski definition) is 4. The maximum absolute atomic E-state index is 15.2. The number of fused-ring (bicyclic) bond motifs is 2. The fourth-order valence-electron chi connectivity index (χ4n) is 4.77. The Hall–Kier alpha value is -2.60. The molecular weight excluding hydrogens is 371 g/mol. The third-order valence-electron chi connectivity index (χ3n) is 6.11. The fourth-order valence-corrected chi connectivity index (χ4v) is 4.77. The van der Waals surface area contributed by atoms with Crippen molar-refractivity contribution in [3.05, 3.63) is 64.3 Å². The van der Waals surface area contributed by atoms with Crippen molar-refractivity contribution in [3.63, 3.8) is 0 Å². The van der Waals surface area contributed by atoms with Crippen molar-refractivity contribution in [3.8, 4) is 5.75 Å². The largest absolute Gasteiger partial charge is 0.494 e. The van der Waals surface area contributed by atoms with E-state index in [0.717, 1.165) is 29.8 Å². The van der Waals surface area contributed by atoms with Crippen molar-refractivity contribution in [2.24, 2.45) is 5.92 Å². The van der Waals surface area contributed by atoms with Gasteiger partial charge in [-0.3, -0.25) is 9.69 Å². The van der Waals surface area contributed by atoms with Gasteiger partial charge in [0, 0.05) is 36.0 Å². The molecule has 1 aromatic carbocycles. The number of rotatable bonds is 6. The molecule has 0 aromatic heterocycles. The lowest BCUT2D eigenvalue weighted by atomic mass is 9.84. The summed E-state index contributed by atoms with van der Waals surface area (Å²) in [5.74, 6) is -0.138. The van der Waals surface area contributed by atoms with Crippen LogP contribution < -0.4 is 10.1 Å². The van der Waals surface area contributed by atoms with Gasteiger partial charge in [0.25, 0.3) is 0 Å². The van der Waals surface area contributed by atoms with Gasteiger partial charge in [0.1, 0.15) is 11.6 Å². The average Bonchev–Trinajstić information content (AvgIpc) is 3.08. The summed E-state index contributed by atoms with van der Waals surface area (Å²) in [7, 11) is 0. The van der Waals surface area contributed by atoms with Gasteiger partial charge in [0.05, 0.1) is 19.1 Å². The van der Waals surface area contributed by atoms with Crippen LogP contribution in [0.4, 0.5) is 4.39 Å². The second kappa shape index (κ2) is 8.03. The lowest BCUT2D eigenvalue weighted by Gasteiger charge is -2.38. The third kappa shape index (κ3) is 3.57. The van der Waals surface area contributed by atoms with Crippen molar-refractivity contribution in [1.29, 1.82) is 0 Å². The molecule has 2 aliphatic heterocycles. The summed E-state index contributed by atoms with van der Waals surface area (Å²) in [6, 6.07) is 2.79. The first-order valence-corrected chi connectivity index (χ1v) is 10.3. The fraction of sp³-hybridized carbons (Fsp3) is 0.435. The van der Waals surface area contributed by atoms with Crippen molar-refractivity contribution < 1.29 is 19.0 Å². The zero-order valence-corrected chi connectivity index (χ0v) is 16.9. The molecule has 1 aliphatic carbocycles. The minimum absolute atomic E-state index is 0.0264. The molecule has 2 N–H and O–H groups in total. The molecule has 29 heavy (non-hydrogen) atoms. The summed E-state index contributed by atoms with van der Waals surface area (Å²) in [6.45, 7) is 5.38. The van der Waals surface area contributed by atoms with Gasteiger partial charge in [-0.2, -0.15) is 0 Å². The molecule has 0 amide bonds. The smallest absolute Gasteiger partial charge is 0.304 e. The Bertz CT molecular complexity index is 919. The van der Waals surface area contributed by atoms with Gasteiger partial charge in [0.15, 0.2) is 0 Å². The second-order valence-corrected chi connectivity index (χ2v) is 7.75. The number of hydrogen-bond donors (Lipinski definition) is 2. The first-order valence-electron chi connectivity index (χ1n) is 10.3. The maximum Gasteiger partial charge on any atom is 0.304 e. The van der Waals surface area contributed by atoms with E-state index in [1.807, 2.05) is 13.8 Å². The average molecular weight is 398 g/mol. The van der Waals surface area contributed by atoms with E-state index in [2.05, 4.69) is 28.4 Å². The molecule has 2 heterocycles. The minimum atomic E-state index is -0.844. The van der Waals surface area contributed by atoms with Crippen LogP contribution in [0, 0.1) is 18.7 Å². The first-order chi connectivity index (χ1) is 14.0. The lowest BCUT2D eigenvalue weighted by Crippen LogP contribution is -2.39. The zero-order valence-electron chi connectivity index (χ0n) is 16.9. The Kier molecular flexibility index (Phi) is 5.46. The van der Waals surface area contributed by atoms with Crippen LogP contribution in [0.3, 0.4) is 0 Å². The number of carboxylic acid groups (broad SMARTS) is 1. The van der Waals surface area contributed by atoms with E-state index in [4.69, 9.17) is 4.74 Å². The van der Waals surface area contributed by atoms with Crippen LogP contribution in [0.25, 0.3) is 0 Å². The molecule has 0 spiro atoms. The molecule has 3 aliphatic rings. The molecular formula is C23H27FN2O3. The van der Waals surface area contributed by atoms with Crippen molar-refractivity contribution >= 4 is 5.97 Å². The summed E-state index contributed by atoms with van der Waals surface area (Å²) < 4.78 is 20.9. The number of halogens is 1. The molecule has 6 heteroatoms. The molecule has 4 rings (SSSR count). The van der Waals surface area contributed by atoms with E-state index < -0.39 is 5.97 Å². The Morgan fingerprint density at radius 3 is 3.00 bits per heavy atom. The highest BCUT2D eigenvalue weighted by Crippen LogP contribution is 2.47. The van der Waals surface area contributed by atoms with E-state index in [0.29, 0.717) is 36.9 Å². The highest BCUT2D eigenvalue weighted by atomic mass is 19.1. The van der Waals surface area contributed by atoms with Gasteiger partial charge in [-0.05, 0) is 56.0 Å². The molecule has 0 fully saturated rings. The molecule has 0 radical (unpaired) electrons. The van der Waals surface area contributed by atoms with Crippen molar-refractivity contribution in [1.82, 2.24) is 10.2 Å². The number of benzene rings is 1. The van der Waals surface area contributed by atoms with Crippen molar-refractivity contribution in [2.45, 2.75) is 39.2 Å². The zero-order chi connectivity index (χ0) is 20.5. The number of nitrogens with one attached hydrogen (secondary N) is 1. The number of aliphatic carboxylic acids is 1. The third-order valence-corrected chi connectivity index (χ3v) is 6.11. The highest BCUT2D eigenvalue weighted by Gasteiger charge is 2.41. The van der Waals surface area contributed by atoms with Crippen LogP contribution in [0.5, 0.6) is 5.75 Å². The van der Waals surface area contributed by atoms with Gasteiger partial charge in [0.2, 0.25) is 0 Å². The normalized spacial score (nSPS) is 23.3. The van der Waals surface area contributed by atoms with Crippen LogP contribution in [-0.2, 0) is 4.79 Å². The van der Waals surface area contributed by atoms with E-state index in [9.17, 15) is 9.90 Å². The standard InChI is InChI=1S/C23H27FN2O3/c1-3-29-19-9-8-17(24)21(14(19)2)23-22-16(10-12-26(23)13-11-20(27)28)15-6-4-5-7-18(15)25-22/h4-5,7-9,15,23,25H,3,6,10-13H2,1-2H3,(H,27,28). The van der Waals surface area contributed by atoms with E-state index in [1.165, 1.54) is 11.6 Å². The molecule has 2 atom stereocenters. The summed E-state index contributed by atoms with van der Waals surface area (Å²) >= 11 is 0. The van der Waals surface area contributed by atoms with E-state index >= 15 is 4.39 Å². The number of carboxylic acids is 1. The highest BCUT2D eigenvalue weighted by molar-refractivity contribution is 5.67. The van der Waals surface area contributed by atoms with E-state index in [1.54, 1.807) is 6.07 Å². The number of carbonyl (C=O) groups is 1. The van der Waals surface area contributed by atoms with E-state index in [-0.39, 0.29) is 18.3 Å². The molecule has 154 valence electrons. The Balaban J connectivity index is 1.80. The lowest BCUT2D eigenvalue weighted by molar-refractivity contribution is -0.137. The molecule has 2 unspecified atom stereocenters. The van der Waals surface area contributed by atoms with Crippen LogP contribution in [0.1, 0.15) is 43.4 Å². The molecule has 0 saturated heterocycles. The molecule has 0 saturated carbocycles. The van der Waals surface area contributed by atoms with Gasteiger partial charge < -0.3 is 15.2 Å². The first kappa shape index (κ1) is 19.7. The van der Waals surface area contributed by atoms with Gasteiger partial charge in [-0.1, -0.05) is 12.2 Å². The van der Waals surface area contributed by atoms with Crippen LogP contribution in [0.15, 0.2) is 47.3 Å². The molecule has 0 bridgehead atoms. The molecule has 1 aromatic rings. The monoisotopic (exact) mass is 398 g/mol. The quantitative estimate of drug-likeness (QED) is 0.756. The SMILES string of the molecule is CCOc1ccc(F)c(C2C3=C(CCN2CCC(=O)O)C2CC=CC=C2N3)c1C. The number of ether oxygens (including phenoxy) is 1. The van der Waals surface area contributed by atoms with Gasteiger partial charge in [-0.25, -0.2) is 4.39 Å². The Morgan fingerprint density at radius 1 is 1.41 bits per heavy atom. The summed E-state index contributed by atoms with van der Waals surface area (Å²) in [5.41, 5.74) is 4.83. The Labute approximate surface area is 170 Å². The Morgan fingerprint density at radius 2 is 2.24 bits per heavy atom. The van der Waals surface area contributed by atoms with Crippen LogP contribution in [0.2, 0.25) is 0 Å². The molecule has 5 nitrogen and oxygen atoms in total.